The van der Waals surface area contributed by atoms with E-state index < -0.39 is 0 Å². The summed E-state index contributed by atoms with van der Waals surface area (Å²) in [7, 11) is 5.93. The Labute approximate surface area is 111 Å². The standard InChI is InChI=1S/C10H17N9/c1-17(2)4-5-18(3)9-14-8(11)15-10(16-9)19-7-12-6-13-19/h6-7H,4-5H2,1-3H3,(H2,11,14,15,16). The third kappa shape index (κ3) is 3.35. The minimum Gasteiger partial charge on any atom is -0.368 e. The molecule has 0 aliphatic rings. The van der Waals surface area contributed by atoms with E-state index in [1.807, 2.05) is 26.0 Å². The highest BCUT2D eigenvalue weighted by Crippen LogP contribution is 2.09. The second-order valence-electron chi connectivity index (χ2n) is 4.36. The molecule has 19 heavy (non-hydrogen) atoms. The van der Waals surface area contributed by atoms with E-state index in [0.717, 1.165) is 13.1 Å². The van der Waals surface area contributed by atoms with E-state index in [4.69, 9.17) is 5.73 Å². The maximum Gasteiger partial charge on any atom is 0.258 e. The first-order chi connectivity index (χ1) is 9.06. The zero-order valence-corrected chi connectivity index (χ0v) is 11.2. The number of aromatic nitrogens is 6. The highest BCUT2D eigenvalue weighted by molar-refractivity contribution is 5.36. The van der Waals surface area contributed by atoms with E-state index in [-0.39, 0.29) is 5.95 Å². The van der Waals surface area contributed by atoms with Crippen molar-refractivity contribution < 1.29 is 0 Å². The molecule has 9 nitrogen and oxygen atoms in total. The molecule has 0 fully saturated rings. The third-order valence-corrected chi connectivity index (χ3v) is 2.48. The summed E-state index contributed by atoms with van der Waals surface area (Å²) in [6.07, 6.45) is 2.92. The zero-order valence-electron chi connectivity index (χ0n) is 11.2. The number of nitrogens with two attached hydrogens (primary N) is 1. The normalized spacial score (nSPS) is 10.9. The van der Waals surface area contributed by atoms with Crippen LogP contribution in [-0.4, -0.2) is 68.8 Å². The molecule has 0 spiro atoms. The van der Waals surface area contributed by atoms with Gasteiger partial charge in [-0.2, -0.15) is 24.7 Å². The zero-order chi connectivity index (χ0) is 13.8. The molecule has 0 saturated carbocycles. The molecule has 9 heteroatoms. The summed E-state index contributed by atoms with van der Waals surface area (Å²) < 4.78 is 1.45. The van der Waals surface area contributed by atoms with Crippen LogP contribution in [0.3, 0.4) is 0 Å². The van der Waals surface area contributed by atoms with Gasteiger partial charge in [0, 0.05) is 20.1 Å². The van der Waals surface area contributed by atoms with Gasteiger partial charge in [0.15, 0.2) is 0 Å². The number of anilines is 2. The number of rotatable bonds is 5. The monoisotopic (exact) mass is 263 g/mol. The topological polar surface area (TPSA) is 102 Å². The molecule has 102 valence electrons. The molecule has 0 radical (unpaired) electrons. The van der Waals surface area contributed by atoms with E-state index in [2.05, 4.69) is 29.9 Å². The maximum atomic E-state index is 5.70. The Kier molecular flexibility index (Phi) is 3.85. The highest BCUT2D eigenvalue weighted by Gasteiger charge is 2.10. The van der Waals surface area contributed by atoms with Crippen molar-refractivity contribution in [3.8, 4) is 5.95 Å². The first-order valence-corrected chi connectivity index (χ1v) is 5.78. The van der Waals surface area contributed by atoms with Crippen molar-refractivity contribution in [2.24, 2.45) is 0 Å². The molecule has 2 aromatic heterocycles. The summed E-state index contributed by atoms with van der Waals surface area (Å²) in [5, 5.41) is 3.97. The van der Waals surface area contributed by atoms with Gasteiger partial charge >= 0.3 is 0 Å². The molecular formula is C10H17N9. The molecule has 0 aromatic carbocycles. The SMILES string of the molecule is CN(C)CCN(C)c1nc(N)nc(-n2cncn2)n1. The van der Waals surface area contributed by atoms with Crippen molar-refractivity contribution in [1.82, 2.24) is 34.6 Å². The fourth-order valence-electron chi connectivity index (χ4n) is 1.40. The Hall–Kier alpha value is -2.29. The van der Waals surface area contributed by atoms with Gasteiger partial charge in [0.2, 0.25) is 11.9 Å². The van der Waals surface area contributed by atoms with Crippen LogP contribution in [0.4, 0.5) is 11.9 Å². The number of nitrogen functional groups attached to an aromatic ring is 1. The molecule has 2 heterocycles. The number of hydrogen-bond donors (Lipinski definition) is 1. The van der Waals surface area contributed by atoms with Crippen LogP contribution in [0.15, 0.2) is 12.7 Å². The molecule has 2 N–H and O–H groups in total. The van der Waals surface area contributed by atoms with Crippen LogP contribution < -0.4 is 10.6 Å². The second kappa shape index (κ2) is 5.57. The van der Waals surface area contributed by atoms with Gasteiger partial charge in [0.1, 0.15) is 12.7 Å². The quantitative estimate of drug-likeness (QED) is 0.735. The summed E-state index contributed by atoms with van der Waals surface area (Å²) >= 11 is 0. The summed E-state index contributed by atoms with van der Waals surface area (Å²) in [5.41, 5.74) is 5.70. The van der Waals surface area contributed by atoms with E-state index in [1.54, 1.807) is 0 Å². The fraction of sp³-hybridized carbons (Fsp3) is 0.500. The first kappa shape index (κ1) is 13.1. The Morgan fingerprint density at radius 1 is 1.16 bits per heavy atom. The van der Waals surface area contributed by atoms with Crippen molar-refractivity contribution in [3.63, 3.8) is 0 Å². The largest absolute Gasteiger partial charge is 0.368 e. The lowest BCUT2D eigenvalue weighted by Crippen LogP contribution is -2.30. The predicted octanol–water partition coefficient (Wildman–Crippen LogP) is -0.968. The fourth-order valence-corrected chi connectivity index (χ4v) is 1.40. The molecule has 0 atom stereocenters. The Morgan fingerprint density at radius 2 is 1.95 bits per heavy atom. The smallest absolute Gasteiger partial charge is 0.258 e. The average molecular weight is 263 g/mol. The number of likely N-dealkylation sites (N-methyl/N-ethyl adjacent to an activating group) is 2. The van der Waals surface area contributed by atoms with Gasteiger partial charge in [-0.15, -0.1) is 0 Å². The Morgan fingerprint density at radius 3 is 2.58 bits per heavy atom. The van der Waals surface area contributed by atoms with Crippen molar-refractivity contribution in [1.29, 1.82) is 0 Å². The van der Waals surface area contributed by atoms with Crippen LogP contribution in [0, 0.1) is 0 Å². The predicted molar refractivity (Wildman–Crippen MR) is 71.0 cm³/mol. The van der Waals surface area contributed by atoms with E-state index in [1.165, 1.54) is 17.3 Å². The van der Waals surface area contributed by atoms with Gasteiger partial charge in [-0.1, -0.05) is 0 Å². The highest BCUT2D eigenvalue weighted by atomic mass is 15.4. The van der Waals surface area contributed by atoms with Gasteiger partial charge in [-0.25, -0.2) is 4.98 Å². The van der Waals surface area contributed by atoms with Crippen molar-refractivity contribution in [3.05, 3.63) is 12.7 Å². The van der Waals surface area contributed by atoms with Crippen LogP contribution in [0.25, 0.3) is 5.95 Å². The lowest BCUT2D eigenvalue weighted by atomic mass is 10.5. The summed E-state index contributed by atoms with van der Waals surface area (Å²) in [6, 6.07) is 0. The van der Waals surface area contributed by atoms with Crippen LogP contribution in [-0.2, 0) is 0 Å². The van der Waals surface area contributed by atoms with Crippen LogP contribution in [0.2, 0.25) is 0 Å². The molecular weight excluding hydrogens is 246 g/mol. The first-order valence-electron chi connectivity index (χ1n) is 5.78. The van der Waals surface area contributed by atoms with E-state index in [9.17, 15) is 0 Å². The molecule has 0 saturated heterocycles. The molecule has 0 unspecified atom stereocenters. The summed E-state index contributed by atoms with van der Waals surface area (Å²) in [6.45, 7) is 1.67. The van der Waals surface area contributed by atoms with Gasteiger partial charge in [0.05, 0.1) is 0 Å². The average Bonchev–Trinajstić information content (AvgIpc) is 2.89. The summed E-state index contributed by atoms with van der Waals surface area (Å²) in [5.74, 6) is 1.03. The number of hydrogen-bond acceptors (Lipinski definition) is 8. The lowest BCUT2D eigenvalue weighted by molar-refractivity contribution is 0.415. The Bertz CT molecular complexity index is 522. The van der Waals surface area contributed by atoms with Crippen LogP contribution in [0.5, 0.6) is 0 Å². The second-order valence-corrected chi connectivity index (χ2v) is 4.36. The molecule has 0 aliphatic carbocycles. The lowest BCUT2D eigenvalue weighted by Gasteiger charge is -2.19. The van der Waals surface area contributed by atoms with Crippen LogP contribution >= 0.6 is 0 Å². The summed E-state index contributed by atoms with van der Waals surface area (Å²) in [4.78, 5) is 20.3. The molecule has 2 aromatic rings. The molecule has 0 bridgehead atoms. The maximum absolute atomic E-state index is 5.70. The van der Waals surface area contributed by atoms with Crippen molar-refractivity contribution in [2.75, 3.05) is 44.9 Å². The van der Waals surface area contributed by atoms with Gasteiger partial charge in [-0.05, 0) is 14.1 Å². The Balaban J connectivity index is 2.21. The van der Waals surface area contributed by atoms with E-state index in [0.29, 0.717) is 11.9 Å². The minimum absolute atomic E-state index is 0.159. The molecule has 0 amide bonds. The van der Waals surface area contributed by atoms with Gasteiger partial charge in [0.25, 0.3) is 5.95 Å². The van der Waals surface area contributed by atoms with Crippen LogP contribution in [0.1, 0.15) is 0 Å². The minimum atomic E-state index is 0.159. The third-order valence-electron chi connectivity index (χ3n) is 2.48. The van der Waals surface area contributed by atoms with Gasteiger partial charge in [-0.3, -0.25) is 0 Å². The van der Waals surface area contributed by atoms with E-state index >= 15 is 0 Å². The van der Waals surface area contributed by atoms with Gasteiger partial charge < -0.3 is 15.5 Å². The van der Waals surface area contributed by atoms with Crippen molar-refractivity contribution >= 4 is 11.9 Å². The number of nitrogens with zero attached hydrogens (tertiary/aromatic N) is 8. The van der Waals surface area contributed by atoms with Crippen molar-refractivity contribution in [2.45, 2.75) is 0 Å². The molecule has 2 rings (SSSR count). The molecule has 0 aliphatic heterocycles.